The molecule has 0 spiro atoms. The third-order valence-corrected chi connectivity index (χ3v) is 3.94. The van der Waals surface area contributed by atoms with E-state index in [0.29, 0.717) is 12.2 Å². The Morgan fingerprint density at radius 3 is 2.50 bits per heavy atom. The molecular weight excluding hydrogens is 196 g/mol. The monoisotopic (exact) mass is 216 g/mol. The summed E-state index contributed by atoms with van der Waals surface area (Å²) in [6.45, 7) is 2.18. The Morgan fingerprint density at radius 2 is 2.00 bits per heavy atom. The first-order chi connectivity index (χ1) is 6.81. The first kappa shape index (κ1) is 12.2. The zero-order valence-electron chi connectivity index (χ0n) is 9.29. The van der Waals surface area contributed by atoms with Gasteiger partial charge in [-0.15, -0.1) is 0 Å². The molecule has 3 nitrogen and oxygen atoms in total. The Bertz CT molecular complexity index is 150. The summed E-state index contributed by atoms with van der Waals surface area (Å²) in [6.07, 6.45) is 4.69. The largest absolute Gasteiger partial charge is 0.370 e. The van der Waals surface area contributed by atoms with Crippen LogP contribution in [0.4, 0.5) is 0 Å². The molecule has 2 atom stereocenters. The molecule has 4 heteroatoms. The molecule has 0 aliphatic carbocycles. The summed E-state index contributed by atoms with van der Waals surface area (Å²) in [4.78, 5) is 0. The van der Waals surface area contributed by atoms with E-state index in [4.69, 9.17) is 14.2 Å². The second kappa shape index (κ2) is 6.56. The Balaban J connectivity index is 1.89. The number of hydrogen-bond acceptors (Lipinski definition) is 3. The van der Waals surface area contributed by atoms with Crippen molar-refractivity contribution in [3.05, 3.63) is 0 Å². The summed E-state index contributed by atoms with van der Waals surface area (Å²) in [5, 5.41) is 0. The highest BCUT2D eigenvalue weighted by Gasteiger charge is 2.35. The number of epoxide rings is 1. The van der Waals surface area contributed by atoms with Crippen LogP contribution in [0.5, 0.6) is 0 Å². The maximum absolute atomic E-state index is 5.47. The van der Waals surface area contributed by atoms with Gasteiger partial charge in [0.15, 0.2) is 0 Å². The van der Waals surface area contributed by atoms with Crippen molar-refractivity contribution in [2.45, 2.75) is 50.4 Å². The quantitative estimate of drug-likeness (QED) is 0.267. The molecule has 1 saturated heterocycles. The lowest BCUT2D eigenvalue weighted by Crippen LogP contribution is -2.21. The second-order valence-electron chi connectivity index (χ2n) is 3.52. The molecular formula is C10H20O3Si. The molecule has 1 rings (SSSR count). The van der Waals surface area contributed by atoms with Gasteiger partial charge in [-0.2, -0.15) is 0 Å². The standard InChI is InChI=1S/C10H20O3Si/c1-4-8-9(13-8)6-5-7-14-10(11-2)12-3/h8-10H,4-7H2,1-3H3. The van der Waals surface area contributed by atoms with Gasteiger partial charge in [0.1, 0.15) is 15.4 Å². The van der Waals surface area contributed by atoms with E-state index < -0.39 is 0 Å². The lowest BCUT2D eigenvalue weighted by molar-refractivity contribution is -0.0441. The van der Waals surface area contributed by atoms with Crippen molar-refractivity contribution < 1.29 is 14.2 Å². The molecule has 82 valence electrons. The fraction of sp³-hybridized carbons (Fsp3) is 1.00. The summed E-state index contributed by atoms with van der Waals surface area (Å²) < 4.78 is 15.7. The fourth-order valence-electron chi connectivity index (χ4n) is 1.58. The van der Waals surface area contributed by atoms with Gasteiger partial charge in [-0.3, -0.25) is 0 Å². The molecule has 0 saturated carbocycles. The molecule has 0 aromatic rings. The summed E-state index contributed by atoms with van der Waals surface area (Å²) in [6, 6.07) is 1.18. The number of hydrogen-bond donors (Lipinski definition) is 0. The van der Waals surface area contributed by atoms with Crippen molar-refractivity contribution in [1.82, 2.24) is 0 Å². The molecule has 0 N–H and O–H groups in total. The van der Waals surface area contributed by atoms with Gasteiger partial charge in [-0.05, 0) is 12.8 Å². The summed E-state index contributed by atoms with van der Waals surface area (Å²) in [7, 11) is 4.13. The number of rotatable bonds is 8. The van der Waals surface area contributed by atoms with Gasteiger partial charge < -0.3 is 14.2 Å². The van der Waals surface area contributed by atoms with Gasteiger partial charge in [-0.1, -0.05) is 19.4 Å². The Labute approximate surface area is 88.9 Å². The first-order valence-corrected chi connectivity index (χ1v) is 6.54. The second-order valence-corrected chi connectivity index (χ2v) is 4.90. The highest BCUT2D eigenvalue weighted by atomic mass is 28.2. The number of methoxy groups -OCH3 is 2. The average molecular weight is 216 g/mol. The van der Waals surface area contributed by atoms with Crippen LogP contribution >= 0.6 is 0 Å². The van der Waals surface area contributed by atoms with E-state index in [1.54, 1.807) is 14.2 Å². The zero-order chi connectivity index (χ0) is 10.4. The van der Waals surface area contributed by atoms with Gasteiger partial charge in [0.2, 0.25) is 0 Å². The Kier molecular flexibility index (Phi) is 5.70. The van der Waals surface area contributed by atoms with Crippen molar-refractivity contribution in [2.75, 3.05) is 14.2 Å². The van der Waals surface area contributed by atoms with Crippen LogP contribution in [0.3, 0.4) is 0 Å². The van der Waals surface area contributed by atoms with E-state index >= 15 is 0 Å². The van der Waals surface area contributed by atoms with Gasteiger partial charge >= 0.3 is 0 Å². The SMILES string of the molecule is CCC1OC1CCC[Si]C(OC)OC. The first-order valence-electron chi connectivity index (χ1n) is 5.26. The molecule has 0 aromatic carbocycles. The van der Waals surface area contributed by atoms with Crippen molar-refractivity contribution in [2.24, 2.45) is 0 Å². The highest BCUT2D eigenvalue weighted by molar-refractivity contribution is 6.36. The maximum Gasteiger partial charge on any atom is 0.136 e. The van der Waals surface area contributed by atoms with Crippen LogP contribution in [0.2, 0.25) is 6.04 Å². The van der Waals surface area contributed by atoms with E-state index in [2.05, 4.69) is 6.92 Å². The van der Waals surface area contributed by atoms with Crippen LogP contribution in [0.15, 0.2) is 0 Å². The van der Waals surface area contributed by atoms with Crippen molar-refractivity contribution in [1.29, 1.82) is 0 Å². The molecule has 2 radical (unpaired) electrons. The lowest BCUT2D eigenvalue weighted by Gasteiger charge is -2.11. The van der Waals surface area contributed by atoms with Gasteiger partial charge in [0.25, 0.3) is 0 Å². The molecule has 1 fully saturated rings. The Hall–Kier alpha value is 0.0969. The van der Waals surface area contributed by atoms with Crippen molar-refractivity contribution >= 4 is 9.52 Å². The fourth-order valence-corrected chi connectivity index (χ4v) is 2.56. The van der Waals surface area contributed by atoms with Crippen LogP contribution in [0, 0.1) is 0 Å². The minimum Gasteiger partial charge on any atom is -0.370 e. The third kappa shape index (κ3) is 4.08. The molecule has 14 heavy (non-hydrogen) atoms. The van der Waals surface area contributed by atoms with E-state index in [1.807, 2.05) is 0 Å². The van der Waals surface area contributed by atoms with E-state index in [-0.39, 0.29) is 5.91 Å². The van der Waals surface area contributed by atoms with E-state index in [9.17, 15) is 0 Å². The molecule has 1 heterocycles. The smallest absolute Gasteiger partial charge is 0.136 e. The van der Waals surface area contributed by atoms with Crippen LogP contribution in [-0.4, -0.2) is 41.9 Å². The van der Waals surface area contributed by atoms with Crippen LogP contribution < -0.4 is 0 Å². The van der Waals surface area contributed by atoms with Crippen molar-refractivity contribution in [3.63, 3.8) is 0 Å². The molecule has 0 aromatic heterocycles. The predicted molar refractivity (Wildman–Crippen MR) is 56.6 cm³/mol. The third-order valence-electron chi connectivity index (χ3n) is 2.49. The summed E-state index contributed by atoms with van der Waals surface area (Å²) in [5.74, 6) is -0.00269. The molecule has 0 amide bonds. The summed E-state index contributed by atoms with van der Waals surface area (Å²) in [5.41, 5.74) is 0. The van der Waals surface area contributed by atoms with Crippen LogP contribution in [0.25, 0.3) is 0 Å². The van der Waals surface area contributed by atoms with Crippen molar-refractivity contribution in [3.8, 4) is 0 Å². The average Bonchev–Trinajstić information content (AvgIpc) is 2.97. The topological polar surface area (TPSA) is 31.0 Å². The minimum atomic E-state index is -0.00269. The maximum atomic E-state index is 5.47. The van der Waals surface area contributed by atoms with E-state index in [1.165, 1.54) is 18.9 Å². The molecule has 0 bridgehead atoms. The summed E-state index contributed by atoms with van der Waals surface area (Å²) >= 11 is 0. The molecule has 1 aliphatic heterocycles. The van der Waals surface area contributed by atoms with Crippen LogP contribution in [-0.2, 0) is 14.2 Å². The lowest BCUT2D eigenvalue weighted by atomic mass is 10.2. The minimum absolute atomic E-state index is 0.00269. The number of ether oxygens (including phenoxy) is 3. The molecule has 1 aliphatic rings. The predicted octanol–water partition coefficient (Wildman–Crippen LogP) is 1.64. The Morgan fingerprint density at radius 1 is 1.29 bits per heavy atom. The van der Waals surface area contributed by atoms with Gasteiger partial charge in [0.05, 0.1) is 12.2 Å². The normalized spacial score (nSPS) is 25.7. The zero-order valence-corrected chi connectivity index (χ0v) is 10.3. The van der Waals surface area contributed by atoms with Gasteiger partial charge in [0, 0.05) is 14.2 Å². The highest BCUT2D eigenvalue weighted by Crippen LogP contribution is 2.29. The molecule has 2 unspecified atom stereocenters. The van der Waals surface area contributed by atoms with Crippen LogP contribution in [0.1, 0.15) is 26.2 Å². The van der Waals surface area contributed by atoms with E-state index in [0.717, 1.165) is 15.9 Å². The van der Waals surface area contributed by atoms with Gasteiger partial charge in [-0.25, -0.2) is 0 Å².